The van der Waals surface area contributed by atoms with Crippen LogP contribution in [-0.4, -0.2) is 49.0 Å². The first-order valence-electron chi connectivity index (χ1n) is 10.6. The van der Waals surface area contributed by atoms with E-state index in [1.54, 1.807) is 48.5 Å². The number of hydrogen-bond acceptors (Lipinski definition) is 5. The highest BCUT2D eigenvalue weighted by Gasteiger charge is 2.20. The molecule has 2 N–H and O–H groups in total. The van der Waals surface area contributed by atoms with Gasteiger partial charge in [0.2, 0.25) is 6.08 Å². The van der Waals surface area contributed by atoms with Crippen molar-refractivity contribution >= 4 is 64.1 Å². The summed E-state index contributed by atoms with van der Waals surface area (Å²) in [5.74, 6) is 0.880. The Morgan fingerprint density at radius 3 is 2.29 bits per heavy atom. The van der Waals surface area contributed by atoms with E-state index < -0.39 is 0 Å². The van der Waals surface area contributed by atoms with E-state index in [0.717, 1.165) is 24.5 Å². The Hall–Kier alpha value is -3.35. The van der Waals surface area contributed by atoms with Gasteiger partial charge in [0.05, 0.1) is 17.3 Å². The summed E-state index contributed by atoms with van der Waals surface area (Å²) in [6.07, 6.45) is 1.44. The Morgan fingerprint density at radius 2 is 1.63 bits per heavy atom. The molecule has 0 aliphatic carbocycles. The van der Waals surface area contributed by atoms with Gasteiger partial charge in [-0.15, -0.1) is 0 Å². The summed E-state index contributed by atoms with van der Waals surface area (Å²) < 4.78 is 0. The highest BCUT2D eigenvalue weighted by atomic mass is 35.5. The Morgan fingerprint density at radius 1 is 0.971 bits per heavy atom. The smallest absolute Gasteiger partial charge is 0.319 e. The van der Waals surface area contributed by atoms with E-state index in [2.05, 4.69) is 25.5 Å². The zero-order valence-electron chi connectivity index (χ0n) is 18.5. The molecule has 4 rings (SSSR count). The summed E-state index contributed by atoms with van der Waals surface area (Å²) in [5, 5.41) is 7.56. The summed E-state index contributed by atoms with van der Waals surface area (Å²) in [4.78, 5) is 31.7. The second kappa shape index (κ2) is 13.5. The van der Waals surface area contributed by atoms with Gasteiger partial charge in [-0.1, -0.05) is 46.9 Å². The van der Waals surface area contributed by atoms with Crippen molar-refractivity contribution in [3.8, 4) is 0 Å². The molecule has 1 aliphatic heterocycles. The fourth-order valence-corrected chi connectivity index (χ4v) is 3.65. The lowest BCUT2D eigenvalue weighted by atomic mass is 10.2. The summed E-state index contributed by atoms with van der Waals surface area (Å²) in [6, 6.07) is 21.0. The van der Waals surface area contributed by atoms with Gasteiger partial charge in [0.15, 0.2) is 0 Å². The Bertz CT molecular complexity index is 1210. The van der Waals surface area contributed by atoms with E-state index in [1.165, 1.54) is 6.08 Å². The maximum atomic E-state index is 12.0. The lowest BCUT2D eigenvalue weighted by Gasteiger charge is -2.21. The molecule has 0 saturated carbocycles. The molecule has 0 radical (unpaired) electrons. The second-order valence-corrected chi connectivity index (χ2v) is 8.52. The van der Waals surface area contributed by atoms with Gasteiger partial charge in [-0.2, -0.15) is 4.99 Å². The van der Waals surface area contributed by atoms with E-state index in [0.29, 0.717) is 39.5 Å². The molecule has 0 unspecified atom stereocenters. The Labute approximate surface area is 218 Å². The van der Waals surface area contributed by atoms with E-state index in [-0.39, 0.29) is 6.03 Å². The predicted octanol–water partition coefficient (Wildman–Crippen LogP) is 6.18. The standard InChI is InChI=1S/C18H18Cl2N4O.C7H4ClNO/c19-13-5-7-14(8-6-13)23-18(25)22-10-12-24-11-9-21-17(24)15-3-1-2-4-16(15)20;8-6-1-3-7(4-2-6)9-5-10/h1-8H,9-12H2,(H2,22,23,25);1-4H. The number of rotatable bonds is 6. The predicted molar refractivity (Wildman–Crippen MR) is 142 cm³/mol. The van der Waals surface area contributed by atoms with Crippen LogP contribution in [0.25, 0.3) is 0 Å². The minimum atomic E-state index is -0.252. The molecule has 35 heavy (non-hydrogen) atoms. The number of carbonyl (C=O) groups excluding carboxylic acids is 2. The molecule has 7 nitrogen and oxygen atoms in total. The molecule has 10 heteroatoms. The summed E-state index contributed by atoms with van der Waals surface area (Å²) in [7, 11) is 0. The van der Waals surface area contributed by atoms with Crippen molar-refractivity contribution in [1.29, 1.82) is 0 Å². The molecule has 0 bridgehead atoms. The first-order valence-corrected chi connectivity index (χ1v) is 11.8. The van der Waals surface area contributed by atoms with Crippen LogP contribution in [0.1, 0.15) is 5.56 Å². The number of aliphatic imine (C=N–C) groups is 2. The van der Waals surface area contributed by atoms with Gasteiger partial charge in [-0.05, 0) is 60.7 Å². The van der Waals surface area contributed by atoms with Crippen LogP contribution in [0.5, 0.6) is 0 Å². The molecular weight excluding hydrogens is 509 g/mol. The summed E-state index contributed by atoms with van der Waals surface area (Å²) in [6.45, 7) is 2.72. The van der Waals surface area contributed by atoms with E-state index in [9.17, 15) is 9.59 Å². The first kappa shape index (κ1) is 26.3. The van der Waals surface area contributed by atoms with Crippen LogP contribution in [-0.2, 0) is 4.79 Å². The molecule has 0 saturated heterocycles. The number of anilines is 1. The van der Waals surface area contributed by atoms with Gasteiger partial charge in [0, 0.05) is 40.9 Å². The number of amides is 2. The quantitative estimate of drug-likeness (QED) is 0.294. The zero-order chi connectivity index (χ0) is 25.0. The number of benzene rings is 3. The zero-order valence-corrected chi connectivity index (χ0v) is 20.8. The van der Waals surface area contributed by atoms with Crippen molar-refractivity contribution in [2.24, 2.45) is 9.98 Å². The van der Waals surface area contributed by atoms with Crippen molar-refractivity contribution in [2.75, 3.05) is 31.5 Å². The maximum Gasteiger partial charge on any atom is 0.319 e. The number of isocyanates is 1. The first-order chi connectivity index (χ1) is 17.0. The third-order valence-electron chi connectivity index (χ3n) is 4.82. The van der Waals surface area contributed by atoms with E-state index >= 15 is 0 Å². The van der Waals surface area contributed by atoms with Crippen LogP contribution < -0.4 is 10.6 Å². The minimum absolute atomic E-state index is 0.252. The fourth-order valence-electron chi connectivity index (χ4n) is 3.18. The minimum Gasteiger partial charge on any atom is -0.353 e. The molecule has 0 aromatic heterocycles. The lowest BCUT2D eigenvalue weighted by Crippen LogP contribution is -2.38. The molecular formula is C25H22Cl3N5O2. The molecule has 2 amide bonds. The molecule has 1 heterocycles. The molecule has 0 spiro atoms. The maximum absolute atomic E-state index is 12.0. The van der Waals surface area contributed by atoms with Crippen LogP contribution in [0, 0.1) is 0 Å². The SMILES string of the molecule is O=C(NCCN1CCN=C1c1ccccc1Cl)Nc1ccc(Cl)cc1.O=C=Nc1ccc(Cl)cc1. The van der Waals surface area contributed by atoms with Crippen molar-refractivity contribution in [3.05, 3.63) is 93.4 Å². The number of amidine groups is 1. The third-order valence-corrected chi connectivity index (χ3v) is 5.65. The van der Waals surface area contributed by atoms with Crippen molar-refractivity contribution in [1.82, 2.24) is 10.2 Å². The second-order valence-electron chi connectivity index (χ2n) is 7.24. The normalized spacial score (nSPS) is 12.1. The Balaban J connectivity index is 0.000000287. The number of nitrogens with one attached hydrogen (secondary N) is 2. The number of hydrogen-bond donors (Lipinski definition) is 2. The highest BCUT2D eigenvalue weighted by molar-refractivity contribution is 6.34. The van der Waals surface area contributed by atoms with Gasteiger partial charge in [-0.25, -0.2) is 9.59 Å². The van der Waals surface area contributed by atoms with Gasteiger partial charge < -0.3 is 15.5 Å². The monoisotopic (exact) mass is 529 g/mol. The lowest BCUT2D eigenvalue weighted by molar-refractivity contribution is 0.251. The average molecular weight is 531 g/mol. The Kier molecular flexibility index (Phi) is 10.1. The van der Waals surface area contributed by atoms with Crippen LogP contribution in [0.4, 0.5) is 16.2 Å². The number of halogens is 3. The largest absolute Gasteiger partial charge is 0.353 e. The van der Waals surface area contributed by atoms with E-state index in [4.69, 9.17) is 34.8 Å². The summed E-state index contributed by atoms with van der Waals surface area (Å²) >= 11 is 17.7. The topological polar surface area (TPSA) is 86.2 Å². The van der Waals surface area contributed by atoms with Crippen LogP contribution >= 0.6 is 34.8 Å². The van der Waals surface area contributed by atoms with E-state index in [1.807, 2.05) is 24.3 Å². The molecule has 0 fully saturated rings. The van der Waals surface area contributed by atoms with Gasteiger partial charge in [0.1, 0.15) is 5.84 Å². The van der Waals surface area contributed by atoms with Gasteiger partial charge in [-0.3, -0.25) is 4.99 Å². The van der Waals surface area contributed by atoms with Crippen LogP contribution in [0.3, 0.4) is 0 Å². The third kappa shape index (κ3) is 8.42. The van der Waals surface area contributed by atoms with Crippen LogP contribution in [0.15, 0.2) is 82.8 Å². The summed E-state index contributed by atoms with van der Waals surface area (Å²) in [5.41, 5.74) is 2.19. The molecule has 3 aromatic carbocycles. The molecule has 180 valence electrons. The molecule has 0 atom stereocenters. The van der Waals surface area contributed by atoms with Crippen molar-refractivity contribution in [3.63, 3.8) is 0 Å². The van der Waals surface area contributed by atoms with Crippen molar-refractivity contribution < 1.29 is 9.59 Å². The number of nitrogens with zero attached hydrogens (tertiary/aromatic N) is 3. The fraction of sp³-hybridized carbons (Fsp3) is 0.160. The van der Waals surface area contributed by atoms with Gasteiger partial charge in [0.25, 0.3) is 0 Å². The van der Waals surface area contributed by atoms with Gasteiger partial charge >= 0.3 is 6.03 Å². The average Bonchev–Trinajstić information content (AvgIpc) is 3.31. The number of urea groups is 1. The highest BCUT2D eigenvalue weighted by Crippen LogP contribution is 2.20. The molecule has 3 aromatic rings. The molecule has 1 aliphatic rings. The van der Waals surface area contributed by atoms with Crippen LogP contribution in [0.2, 0.25) is 15.1 Å². The van der Waals surface area contributed by atoms with Crippen molar-refractivity contribution in [2.45, 2.75) is 0 Å². The number of carbonyl (C=O) groups is 1.